The molecule has 0 fully saturated rings. The highest BCUT2D eigenvalue weighted by Crippen LogP contribution is 2.26. The molecule has 0 bridgehead atoms. The van der Waals surface area contributed by atoms with E-state index in [4.69, 9.17) is 9.47 Å². The van der Waals surface area contributed by atoms with E-state index in [-0.39, 0.29) is 5.82 Å². The number of alkyl halides is 1. The molecule has 0 saturated heterocycles. The smallest absolute Gasteiger partial charge is 0.146 e. The van der Waals surface area contributed by atoms with Gasteiger partial charge in [0.15, 0.2) is 0 Å². The lowest BCUT2D eigenvalue weighted by Crippen LogP contribution is -2.30. The van der Waals surface area contributed by atoms with Crippen molar-refractivity contribution in [3.63, 3.8) is 0 Å². The summed E-state index contributed by atoms with van der Waals surface area (Å²) >= 11 is 3.41. The molecule has 1 aromatic rings. The molecule has 5 heteroatoms. The standard InChI is InChI=1S/C14H21BrFNO2/c1-18-9-4-7-17(8-10-19-2)14-12(11-15)5-3-6-13(14)16/h3,5-6H,4,7-11H2,1-2H3. The summed E-state index contributed by atoms with van der Waals surface area (Å²) in [6, 6.07) is 5.17. The number of hydrogen-bond donors (Lipinski definition) is 0. The Morgan fingerprint density at radius 3 is 2.53 bits per heavy atom. The number of halogens is 2. The number of anilines is 1. The topological polar surface area (TPSA) is 21.7 Å². The number of rotatable bonds is 9. The molecule has 19 heavy (non-hydrogen) atoms. The lowest BCUT2D eigenvalue weighted by Gasteiger charge is -2.27. The Balaban J connectivity index is 2.88. The van der Waals surface area contributed by atoms with Gasteiger partial charge in [-0.05, 0) is 18.1 Å². The molecule has 3 nitrogen and oxygen atoms in total. The fourth-order valence-electron chi connectivity index (χ4n) is 1.96. The number of ether oxygens (including phenoxy) is 2. The van der Waals surface area contributed by atoms with Crippen molar-refractivity contribution in [2.24, 2.45) is 0 Å². The molecule has 0 N–H and O–H groups in total. The first-order chi connectivity index (χ1) is 9.24. The van der Waals surface area contributed by atoms with E-state index in [0.717, 1.165) is 18.5 Å². The van der Waals surface area contributed by atoms with Crippen LogP contribution in [0.25, 0.3) is 0 Å². The van der Waals surface area contributed by atoms with Gasteiger partial charge < -0.3 is 14.4 Å². The molecule has 0 aliphatic carbocycles. The monoisotopic (exact) mass is 333 g/mol. The van der Waals surface area contributed by atoms with Gasteiger partial charge in [-0.25, -0.2) is 4.39 Å². The highest BCUT2D eigenvalue weighted by Gasteiger charge is 2.15. The van der Waals surface area contributed by atoms with Crippen molar-refractivity contribution in [2.75, 3.05) is 45.4 Å². The Morgan fingerprint density at radius 2 is 1.89 bits per heavy atom. The van der Waals surface area contributed by atoms with Crippen LogP contribution in [0.15, 0.2) is 18.2 Å². The number of para-hydroxylation sites is 1. The van der Waals surface area contributed by atoms with Crippen molar-refractivity contribution in [3.05, 3.63) is 29.6 Å². The van der Waals surface area contributed by atoms with Crippen LogP contribution in [-0.2, 0) is 14.8 Å². The van der Waals surface area contributed by atoms with Gasteiger partial charge in [-0.15, -0.1) is 0 Å². The zero-order chi connectivity index (χ0) is 14.1. The summed E-state index contributed by atoms with van der Waals surface area (Å²) in [6.07, 6.45) is 0.857. The third-order valence-electron chi connectivity index (χ3n) is 2.87. The fourth-order valence-corrected chi connectivity index (χ4v) is 2.41. The molecule has 0 spiro atoms. The Morgan fingerprint density at radius 1 is 1.16 bits per heavy atom. The van der Waals surface area contributed by atoms with Crippen LogP contribution < -0.4 is 4.90 Å². The van der Waals surface area contributed by atoms with E-state index < -0.39 is 0 Å². The molecule has 0 aliphatic rings. The third-order valence-corrected chi connectivity index (χ3v) is 3.48. The van der Waals surface area contributed by atoms with Crippen molar-refractivity contribution in [1.29, 1.82) is 0 Å². The first kappa shape index (κ1) is 16.4. The molecule has 0 heterocycles. The quantitative estimate of drug-likeness (QED) is 0.511. The Kier molecular flexibility index (Phi) is 8.02. The highest BCUT2D eigenvalue weighted by molar-refractivity contribution is 9.08. The minimum absolute atomic E-state index is 0.189. The molecule has 0 saturated carbocycles. The van der Waals surface area contributed by atoms with Gasteiger partial charge in [0, 0.05) is 39.2 Å². The van der Waals surface area contributed by atoms with Gasteiger partial charge in [-0.2, -0.15) is 0 Å². The zero-order valence-corrected chi connectivity index (χ0v) is 13.1. The van der Waals surface area contributed by atoms with Crippen molar-refractivity contribution in [3.8, 4) is 0 Å². The summed E-state index contributed by atoms with van der Waals surface area (Å²) < 4.78 is 24.3. The average molecular weight is 334 g/mol. The van der Waals surface area contributed by atoms with Gasteiger partial charge in [0.1, 0.15) is 5.82 Å². The molecule has 1 rings (SSSR count). The second-order valence-electron chi connectivity index (χ2n) is 4.21. The number of methoxy groups -OCH3 is 2. The predicted octanol–water partition coefficient (Wildman–Crippen LogP) is 3.21. The van der Waals surface area contributed by atoms with Gasteiger partial charge in [0.05, 0.1) is 12.3 Å². The lowest BCUT2D eigenvalue weighted by molar-refractivity contribution is 0.191. The van der Waals surface area contributed by atoms with Crippen LogP contribution in [-0.4, -0.2) is 40.5 Å². The molecule has 0 unspecified atom stereocenters. The minimum atomic E-state index is -0.189. The number of benzene rings is 1. The zero-order valence-electron chi connectivity index (χ0n) is 11.5. The second-order valence-corrected chi connectivity index (χ2v) is 4.77. The molecular formula is C14H21BrFNO2. The Bertz CT molecular complexity index is 376. The first-order valence-corrected chi connectivity index (χ1v) is 7.43. The summed E-state index contributed by atoms with van der Waals surface area (Å²) in [5.74, 6) is -0.189. The molecule has 1 aromatic carbocycles. The number of hydrogen-bond acceptors (Lipinski definition) is 3. The van der Waals surface area contributed by atoms with Crippen molar-refractivity contribution < 1.29 is 13.9 Å². The SMILES string of the molecule is COCCCN(CCOC)c1c(F)cccc1CBr. The second kappa shape index (κ2) is 9.28. The van der Waals surface area contributed by atoms with Crippen LogP contribution in [0.3, 0.4) is 0 Å². The van der Waals surface area contributed by atoms with Gasteiger partial charge in [-0.1, -0.05) is 28.1 Å². The highest BCUT2D eigenvalue weighted by atomic mass is 79.9. The minimum Gasteiger partial charge on any atom is -0.385 e. The van der Waals surface area contributed by atoms with E-state index in [2.05, 4.69) is 15.9 Å². The number of nitrogens with zero attached hydrogens (tertiary/aromatic N) is 1. The largest absolute Gasteiger partial charge is 0.385 e. The van der Waals surface area contributed by atoms with Crippen molar-refractivity contribution in [2.45, 2.75) is 11.8 Å². The molecule has 0 aliphatic heterocycles. The summed E-state index contributed by atoms with van der Waals surface area (Å²) in [6.45, 7) is 2.66. The van der Waals surface area contributed by atoms with E-state index in [1.54, 1.807) is 20.3 Å². The van der Waals surface area contributed by atoms with Crippen LogP contribution >= 0.6 is 15.9 Å². The molecule has 108 valence electrons. The molecule has 0 atom stereocenters. The Labute approximate surface area is 122 Å². The van der Waals surface area contributed by atoms with Crippen molar-refractivity contribution >= 4 is 21.6 Å². The third kappa shape index (κ3) is 5.09. The average Bonchev–Trinajstić information content (AvgIpc) is 2.43. The maximum absolute atomic E-state index is 14.1. The van der Waals surface area contributed by atoms with E-state index in [0.29, 0.717) is 30.8 Å². The van der Waals surface area contributed by atoms with Crippen molar-refractivity contribution in [1.82, 2.24) is 0 Å². The predicted molar refractivity (Wildman–Crippen MR) is 79.6 cm³/mol. The van der Waals surface area contributed by atoms with Gasteiger partial charge in [-0.3, -0.25) is 0 Å². The molecular weight excluding hydrogens is 313 g/mol. The first-order valence-electron chi connectivity index (χ1n) is 6.30. The lowest BCUT2D eigenvalue weighted by atomic mass is 10.1. The van der Waals surface area contributed by atoms with E-state index in [9.17, 15) is 4.39 Å². The normalized spacial score (nSPS) is 10.7. The summed E-state index contributed by atoms with van der Waals surface area (Å²) in [7, 11) is 3.33. The fraction of sp³-hybridized carbons (Fsp3) is 0.571. The van der Waals surface area contributed by atoms with Crippen LogP contribution in [0, 0.1) is 5.82 Å². The van der Waals surface area contributed by atoms with E-state index in [1.165, 1.54) is 6.07 Å². The summed E-state index contributed by atoms with van der Waals surface area (Å²) in [4.78, 5) is 2.02. The van der Waals surface area contributed by atoms with Crippen LogP contribution in [0.2, 0.25) is 0 Å². The molecule has 0 aromatic heterocycles. The summed E-state index contributed by atoms with van der Waals surface area (Å²) in [5, 5.41) is 0.633. The van der Waals surface area contributed by atoms with E-state index >= 15 is 0 Å². The maximum atomic E-state index is 14.1. The Hall–Kier alpha value is -0.650. The molecule has 0 radical (unpaired) electrons. The van der Waals surface area contributed by atoms with Crippen LogP contribution in [0.1, 0.15) is 12.0 Å². The summed E-state index contributed by atoms with van der Waals surface area (Å²) in [5.41, 5.74) is 1.61. The van der Waals surface area contributed by atoms with Gasteiger partial charge in [0.25, 0.3) is 0 Å². The van der Waals surface area contributed by atoms with Crippen LogP contribution in [0.5, 0.6) is 0 Å². The van der Waals surface area contributed by atoms with Gasteiger partial charge in [0.2, 0.25) is 0 Å². The van der Waals surface area contributed by atoms with Crippen LogP contribution in [0.4, 0.5) is 10.1 Å². The van der Waals surface area contributed by atoms with Gasteiger partial charge >= 0.3 is 0 Å². The van der Waals surface area contributed by atoms with E-state index in [1.807, 2.05) is 11.0 Å². The molecule has 0 amide bonds. The maximum Gasteiger partial charge on any atom is 0.146 e.